The van der Waals surface area contributed by atoms with Crippen LogP contribution in [0.2, 0.25) is 0 Å². The van der Waals surface area contributed by atoms with Crippen LogP contribution in [-0.4, -0.2) is 5.91 Å². The van der Waals surface area contributed by atoms with Crippen molar-refractivity contribution < 1.29 is 4.79 Å². The Kier molecular flexibility index (Phi) is 4.92. The number of nitrogens with zero attached hydrogens (tertiary/aromatic N) is 2. The number of nitriles is 2. The van der Waals surface area contributed by atoms with Gasteiger partial charge in [-0.05, 0) is 18.4 Å². The van der Waals surface area contributed by atoms with Gasteiger partial charge in [-0.15, -0.1) is 11.8 Å². The Morgan fingerprint density at radius 1 is 1.17 bits per heavy atom. The predicted octanol–water partition coefficient (Wildman–Crippen LogP) is 3.88. The maximum Gasteiger partial charge on any atom is 0.243 e. The van der Waals surface area contributed by atoms with Crippen molar-refractivity contribution in [1.29, 1.82) is 10.5 Å². The van der Waals surface area contributed by atoms with E-state index in [9.17, 15) is 15.3 Å². The van der Waals surface area contributed by atoms with Gasteiger partial charge < -0.3 is 5.32 Å². The molecule has 1 N–H and O–H groups in total. The first-order valence-corrected chi connectivity index (χ1v) is 9.22. The Hall–Kier alpha value is -2.24. The lowest BCUT2D eigenvalue weighted by molar-refractivity contribution is -0.126. The molecule has 0 radical (unpaired) electrons. The van der Waals surface area contributed by atoms with Crippen LogP contribution < -0.4 is 5.32 Å². The molecule has 0 bridgehead atoms. The molecule has 5 heteroatoms. The molecule has 4 nitrogen and oxygen atoms in total. The third kappa shape index (κ3) is 2.92. The van der Waals surface area contributed by atoms with E-state index in [4.69, 9.17) is 0 Å². The lowest BCUT2D eigenvalue weighted by Crippen LogP contribution is -2.48. The van der Waals surface area contributed by atoms with Crippen LogP contribution in [0, 0.1) is 34.0 Å². The summed E-state index contributed by atoms with van der Waals surface area (Å²) in [5.41, 5.74) is 1.15. The highest BCUT2D eigenvalue weighted by Crippen LogP contribution is 2.52. The Balaban J connectivity index is 1.95. The lowest BCUT2D eigenvalue weighted by Gasteiger charge is -2.43. The molecule has 1 unspecified atom stereocenters. The third-order valence-electron chi connectivity index (χ3n) is 4.99. The minimum absolute atomic E-state index is 0.256. The monoisotopic (exact) mass is 337 g/mol. The summed E-state index contributed by atoms with van der Waals surface area (Å²) in [5.74, 6) is -0.322. The molecule has 0 aromatic heterocycles. The number of hydrogen-bond donors (Lipinski definition) is 1. The molecule has 1 heterocycles. The van der Waals surface area contributed by atoms with E-state index in [1.807, 2.05) is 30.3 Å². The van der Waals surface area contributed by atoms with E-state index in [0.717, 1.165) is 37.7 Å². The van der Waals surface area contributed by atoms with Gasteiger partial charge in [-0.3, -0.25) is 4.79 Å². The maximum atomic E-state index is 12.5. The van der Waals surface area contributed by atoms with Crippen LogP contribution in [0.15, 0.2) is 40.9 Å². The minimum Gasteiger partial charge on any atom is -0.319 e. The Bertz CT molecular complexity index is 736. The van der Waals surface area contributed by atoms with E-state index in [1.54, 1.807) is 0 Å². The van der Waals surface area contributed by atoms with Crippen LogP contribution >= 0.6 is 11.8 Å². The number of benzene rings is 1. The predicted molar refractivity (Wildman–Crippen MR) is 93.1 cm³/mol. The first-order valence-electron chi connectivity index (χ1n) is 8.23. The van der Waals surface area contributed by atoms with Crippen molar-refractivity contribution in [2.75, 3.05) is 0 Å². The van der Waals surface area contributed by atoms with E-state index in [0.29, 0.717) is 16.4 Å². The second kappa shape index (κ2) is 7.11. The van der Waals surface area contributed by atoms with Gasteiger partial charge in [-0.25, -0.2) is 0 Å². The minimum atomic E-state index is -0.756. The van der Waals surface area contributed by atoms with E-state index in [-0.39, 0.29) is 5.91 Å². The average molecular weight is 337 g/mol. The number of amides is 1. The molecule has 1 atom stereocenters. The second-order valence-electron chi connectivity index (χ2n) is 6.36. The molecule has 24 heavy (non-hydrogen) atoms. The molecule has 3 rings (SSSR count). The molecular weight excluding hydrogens is 318 g/mol. The summed E-state index contributed by atoms with van der Waals surface area (Å²) in [4.78, 5) is 12.5. The largest absolute Gasteiger partial charge is 0.319 e. The number of carbonyl (C=O) groups excluding carboxylic acids is 1. The van der Waals surface area contributed by atoms with Crippen LogP contribution in [0.1, 0.15) is 37.7 Å². The molecule has 1 aliphatic carbocycles. The number of rotatable bonds is 3. The average Bonchev–Trinajstić information content (AvgIpc) is 2.62. The molecule has 1 saturated carbocycles. The summed E-state index contributed by atoms with van der Waals surface area (Å²) in [6.07, 6.45) is 4.53. The van der Waals surface area contributed by atoms with Gasteiger partial charge in [-0.2, -0.15) is 10.5 Å². The quantitative estimate of drug-likeness (QED) is 0.908. The number of carbonyl (C=O) groups is 1. The molecule has 2 aliphatic rings. The molecule has 1 fully saturated rings. The third-order valence-corrected chi connectivity index (χ3v) is 6.06. The fourth-order valence-electron chi connectivity index (χ4n) is 3.77. The Morgan fingerprint density at radius 2 is 1.88 bits per heavy atom. The van der Waals surface area contributed by atoms with Crippen LogP contribution in [0.5, 0.6) is 0 Å². The van der Waals surface area contributed by atoms with Crippen molar-refractivity contribution in [3.8, 4) is 12.1 Å². The first-order chi connectivity index (χ1) is 11.7. The van der Waals surface area contributed by atoms with Crippen LogP contribution in [0.25, 0.3) is 0 Å². The Morgan fingerprint density at radius 3 is 2.50 bits per heavy atom. The summed E-state index contributed by atoms with van der Waals surface area (Å²) < 4.78 is 0. The number of hydrogen-bond acceptors (Lipinski definition) is 4. The summed E-state index contributed by atoms with van der Waals surface area (Å²) in [6, 6.07) is 14.5. The fourth-order valence-corrected chi connectivity index (χ4v) is 4.84. The van der Waals surface area contributed by atoms with Crippen LogP contribution in [-0.2, 0) is 10.5 Å². The van der Waals surface area contributed by atoms with Gasteiger partial charge in [0.1, 0.15) is 5.92 Å². The van der Waals surface area contributed by atoms with Crippen molar-refractivity contribution in [3.63, 3.8) is 0 Å². The lowest BCUT2D eigenvalue weighted by atomic mass is 9.61. The zero-order valence-corrected chi connectivity index (χ0v) is 14.2. The number of nitrogens with one attached hydrogen (secondary N) is 1. The standard InChI is InChI=1S/C19H19N3OS/c20-11-15-17(23)22-18(24-13-14-7-3-1-4-8-14)16(12-21)19(15)9-5-2-6-10-19/h1,3-4,7-8,15H,2,5-6,9-10,13H2,(H,22,23). The summed E-state index contributed by atoms with van der Waals surface area (Å²) in [7, 11) is 0. The van der Waals surface area contributed by atoms with Gasteiger partial charge in [0.2, 0.25) is 5.91 Å². The van der Waals surface area contributed by atoms with E-state index in [2.05, 4.69) is 17.5 Å². The van der Waals surface area contributed by atoms with Gasteiger partial charge in [-0.1, -0.05) is 49.6 Å². The van der Waals surface area contributed by atoms with E-state index in [1.165, 1.54) is 11.8 Å². The van der Waals surface area contributed by atoms with Crippen molar-refractivity contribution in [2.24, 2.45) is 11.3 Å². The summed E-state index contributed by atoms with van der Waals surface area (Å²) in [6.45, 7) is 0. The highest BCUT2D eigenvalue weighted by molar-refractivity contribution is 8.02. The van der Waals surface area contributed by atoms with Crippen LogP contribution in [0.3, 0.4) is 0 Å². The summed E-state index contributed by atoms with van der Waals surface area (Å²) in [5, 5.41) is 22.8. The molecule has 1 aromatic rings. The van der Waals surface area contributed by atoms with Gasteiger partial charge in [0.05, 0.1) is 22.7 Å². The molecule has 1 spiro atoms. The van der Waals surface area contributed by atoms with E-state index >= 15 is 0 Å². The number of thioether (sulfide) groups is 1. The van der Waals surface area contributed by atoms with Gasteiger partial charge >= 0.3 is 0 Å². The molecule has 1 aromatic carbocycles. The zero-order chi connectivity index (χ0) is 17.0. The van der Waals surface area contributed by atoms with Gasteiger partial charge in [0, 0.05) is 11.2 Å². The van der Waals surface area contributed by atoms with Crippen molar-refractivity contribution in [2.45, 2.75) is 37.9 Å². The normalized spacial score (nSPS) is 22.6. The second-order valence-corrected chi connectivity index (χ2v) is 7.34. The smallest absolute Gasteiger partial charge is 0.243 e. The SMILES string of the molecule is N#CC1=C(SCc2ccccc2)NC(=O)C(C#N)C12CCCCC2. The van der Waals surface area contributed by atoms with Crippen LogP contribution in [0.4, 0.5) is 0 Å². The van der Waals surface area contributed by atoms with Crippen molar-refractivity contribution in [3.05, 3.63) is 46.5 Å². The summed E-state index contributed by atoms with van der Waals surface area (Å²) >= 11 is 1.48. The van der Waals surface area contributed by atoms with Gasteiger partial charge in [0.25, 0.3) is 0 Å². The molecule has 1 amide bonds. The molecular formula is C19H19N3OS. The van der Waals surface area contributed by atoms with E-state index < -0.39 is 11.3 Å². The maximum absolute atomic E-state index is 12.5. The highest BCUT2D eigenvalue weighted by atomic mass is 32.2. The Labute approximate surface area is 146 Å². The fraction of sp³-hybridized carbons (Fsp3) is 0.421. The highest BCUT2D eigenvalue weighted by Gasteiger charge is 2.51. The zero-order valence-electron chi connectivity index (χ0n) is 13.4. The molecule has 1 aliphatic heterocycles. The van der Waals surface area contributed by atoms with Crippen molar-refractivity contribution >= 4 is 17.7 Å². The topological polar surface area (TPSA) is 76.7 Å². The first kappa shape index (κ1) is 16.6. The van der Waals surface area contributed by atoms with Crippen molar-refractivity contribution in [1.82, 2.24) is 5.32 Å². The molecule has 122 valence electrons. The number of allylic oxidation sites excluding steroid dienone is 1. The van der Waals surface area contributed by atoms with Gasteiger partial charge in [0.15, 0.2) is 0 Å². The molecule has 0 saturated heterocycles.